The Bertz CT molecular complexity index is 1330. The zero-order valence-electron chi connectivity index (χ0n) is 22.7. The molecular formula is C31H35N3O4. The van der Waals surface area contributed by atoms with Crippen molar-refractivity contribution in [3.8, 4) is 11.1 Å². The lowest BCUT2D eigenvalue weighted by atomic mass is 9.94. The first-order valence-corrected chi connectivity index (χ1v) is 13.0. The SMILES string of the molecule is COC(=O)C[C@H](NC(=O)C(CC(C)C)N1Cc2ccccc2C1=O)c1cncc(-c2c(C)cccc2C)c1. The maximum absolute atomic E-state index is 13.8. The van der Waals surface area contributed by atoms with E-state index in [4.69, 9.17) is 4.74 Å². The van der Waals surface area contributed by atoms with Crippen molar-refractivity contribution in [1.29, 1.82) is 0 Å². The highest BCUT2D eigenvalue weighted by molar-refractivity contribution is 6.01. The fourth-order valence-electron chi connectivity index (χ4n) is 5.18. The molecule has 0 fully saturated rings. The summed E-state index contributed by atoms with van der Waals surface area (Å²) in [5.41, 5.74) is 6.45. The highest BCUT2D eigenvalue weighted by Gasteiger charge is 2.37. The van der Waals surface area contributed by atoms with Crippen LogP contribution in [0.5, 0.6) is 0 Å². The van der Waals surface area contributed by atoms with Gasteiger partial charge in [0.05, 0.1) is 19.6 Å². The predicted octanol–water partition coefficient (Wildman–Crippen LogP) is 5.16. The van der Waals surface area contributed by atoms with Gasteiger partial charge in [0.15, 0.2) is 0 Å². The van der Waals surface area contributed by atoms with E-state index in [1.54, 1.807) is 23.4 Å². The first-order valence-electron chi connectivity index (χ1n) is 13.0. The number of pyridine rings is 1. The number of aromatic nitrogens is 1. The molecule has 1 unspecified atom stereocenters. The molecule has 1 aromatic heterocycles. The summed E-state index contributed by atoms with van der Waals surface area (Å²) in [4.78, 5) is 45.5. The van der Waals surface area contributed by atoms with Gasteiger partial charge in [0, 0.05) is 30.1 Å². The van der Waals surface area contributed by atoms with Crippen LogP contribution in [0.1, 0.15) is 65.3 Å². The molecule has 0 saturated carbocycles. The van der Waals surface area contributed by atoms with E-state index in [0.717, 1.165) is 27.8 Å². The van der Waals surface area contributed by atoms with Crippen molar-refractivity contribution in [2.24, 2.45) is 5.92 Å². The number of fused-ring (bicyclic) bond motifs is 1. The molecule has 0 saturated heterocycles. The Hall–Kier alpha value is -4.00. The van der Waals surface area contributed by atoms with E-state index in [2.05, 4.69) is 10.3 Å². The average molecular weight is 514 g/mol. The Kier molecular flexibility index (Phi) is 8.25. The van der Waals surface area contributed by atoms with E-state index in [1.807, 2.05) is 70.2 Å². The second-order valence-electron chi connectivity index (χ2n) is 10.4. The third kappa shape index (κ3) is 5.77. The van der Waals surface area contributed by atoms with Crippen LogP contribution in [0.4, 0.5) is 0 Å². The van der Waals surface area contributed by atoms with Crippen LogP contribution in [0, 0.1) is 19.8 Å². The smallest absolute Gasteiger partial charge is 0.307 e. The van der Waals surface area contributed by atoms with Crippen LogP contribution in [0.15, 0.2) is 60.9 Å². The van der Waals surface area contributed by atoms with Crippen LogP contribution in [-0.2, 0) is 20.9 Å². The zero-order chi connectivity index (χ0) is 27.4. The third-order valence-electron chi connectivity index (χ3n) is 7.07. The molecule has 2 heterocycles. The summed E-state index contributed by atoms with van der Waals surface area (Å²) in [6.45, 7) is 8.52. The minimum absolute atomic E-state index is 0.0529. The zero-order valence-corrected chi connectivity index (χ0v) is 22.7. The van der Waals surface area contributed by atoms with Crippen molar-refractivity contribution < 1.29 is 19.1 Å². The number of hydrogen-bond acceptors (Lipinski definition) is 5. The van der Waals surface area contributed by atoms with Gasteiger partial charge in [-0.1, -0.05) is 50.2 Å². The number of esters is 1. The van der Waals surface area contributed by atoms with E-state index in [1.165, 1.54) is 7.11 Å². The number of methoxy groups -OCH3 is 1. The predicted molar refractivity (Wildman–Crippen MR) is 146 cm³/mol. The summed E-state index contributed by atoms with van der Waals surface area (Å²) in [6.07, 6.45) is 3.90. The van der Waals surface area contributed by atoms with Gasteiger partial charge in [-0.05, 0) is 66.1 Å². The topological polar surface area (TPSA) is 88.6 Å². The minimum atomic E-state index is -0.676. The molecule has 7 heteroatoms. The number of rotatable bonds is 9. The molecule has 7 nitrogen and oxygen atoms in total. The lowest BCUT2D eigenvalue weighted by molar-refractivity contribution is -0.141. The van der Waals surface area contributed by atoms with Crippen molar-refractivity contribution in [3.63, 3.8) is 0 Å². The lowest BCUT2D eigenvalue weighted by Gasteiger charge is -2.30. The largest absolute Gasteiger partial charge is 0.469 e. The molecule has 4 rings (SSSR count). The maximum Gasteiger partial charge on any atom is 0.307 e. The molecule has 0 bridgehead atoms. The fraction of sp³-hybridized carbons (Fsp3) is 0.355. The normalized spacial score (nSPS) is 14.3. The van der Waals surface area contributed by atoms with Crippen LogP contribution in [0.25, 0.3) is 11.1 Å². The monoisotopic (exact) mass is 513 g/mol. The second-order valence-corrected chi connectivity index (χ2v) is 10.4. The van der Waals surface area contributed by atoms with E-state index in [9.17, 15) is 14.4 Å². The Labute approximate surface area is 224 Å². The van der Waals surface area contributed by atoms with Gasteiger partial charge in [0.2, 0.25) is 5.91 Å². The highest BCUT2D eigenvalue weighted by atomic mass is 16.5. The molecule has 0 spiro atoms. The van der Waals surface area contributed by atoms with Crippen LogP contribution in [-0.4, -0.2) is 40.8 Å². The van der Waals surface area contributed by atoms with Crippen LogP contribution < -0.4 is 5.32 Å². The van der Waals surface area contributed by atoms with Gasteiger partial charge in [-0.2, -0.15) is 0 Å². The summed E-state index contributed by atoms with van der Waals surface area (Å²) >= 11 is 0. The summed E-state index contributed by atoms with van der Waals surface area (Å²) in [6, 6.07) is 14.2. The van der Waals surface area contributed by atoms with Crippen molar-refractivity contribution in [2.45, 2.75) is 59.2 Å². The van der Waals surface area contributed by atoms with E-state index < -0.39 is 18.1 Å². The van der Waals surface area contributed by atoms with E-state index in [0.29, 0.717) is 24.1 Å². The molecular weight excluding hydrogens is 478 g/mol. The van der Waals surface area contributed by atoms with E-state index >= 15 is 0 Å². The third-order valence-corrected chi connectivity index (χ3v) is 7.07. The van der Waals surface area contributed by atoms with Gasteiger partial charge in [-0.25, -0.2) is 0 Å². The van der Waals surface area contributed by atoms with Crippen LogP contribution in [0.2, 0.25) is 0 Å². The Morgan fingerprint density at radius 2 is 1.76 bits per heavy atom. The van der Waals surface area contributed by atoms with Crippen molar-refractivity contribution in [2.75, 3.05) is 7.11 Å². The standard InChI is InChI=1S/C31H35N3O4/c1-19(2)13-27(34-18-22-11-6-7-12-25(22)31(34)37)30(36)33-26(15-28(35)38-5)23-14-24(17-32-16-23)29-20(3)9-8-10-21(29)4/h6-12,14,16-17,19,26-27H,13,15,18H2,1-5H3,(H,33,36)/t26-,27?/m0/s1. The van der Waals surface area contributed by atoms with Gasteiger partial charge in [-0.3, -0.25) is 19.4 Å². The molecule has 38 heavy (non-hydrogen) atoms. The number of carbonyl (C=O) groups is 3. The van der Waals surface area contributed by atoms with Crippen LogP contribution in [0.3, 0.4) is 0 Å². The lowest BCUT2D eigenvalue weighted by Crippen LogP contribution is -2.48. The summed E-state index contributed by atoms with van der Waals surface area (Å²) in [5, 5.41) is 3.06. The first kappa shape index (κ1) is 27.0. The number of aryl methyl sites for hydroxylation is 2. The van der Waals surface area contributed by atoms with E-state index in [-0.39, 0.29) is 24.2 Å². The minimum Gasteiger partial charge on any atom is -0.469 e. The van der Waals surface area contributed by atoms with Crippen LogP contribution >= 0.6 is 0 Å². The molecule has 2 amide bonds. The molecule has 1 aliphatic rings. The number of amides is 2. The van der Waals surface area contributed by atoms with Gasteiger partial charge < -0.3 is 15.0 Å². The number of ether oxygens (including phenoxy) is 1. The van der Waals surface area contributed by atoms with Gasteiger partial charge in [0.1, 0.15) is 6.04 Å². The number of carbonyl (C=O) groups excluding carboxylic acids is 3. The molecule has 3 aromatic rings. The fourth-order valence-corrected chi connectivity index (χ4v) is 5.18. The second kappa shape index (κ2) is 11.6. The molecule has 2 aromatic carbocycles. The summed E-state index contributed by atoms with van der Waals surface area (Å²) in [5.74, 6) is -0.718. The van der Waals surface area contributed by atoms with Crippen molar-refractivity contribution in [1.82, 2.24) is 15.2 Å². The van der Waals surface area contributed by atoms with Gasteiger partial charge in [0.25, 0.3) is 5.91 Å². The Morgan fingerprint density at radius 1 is 1.05 bits per heavy atom. The first-order chi connectivity index (χ1) is 18.2. The van der Waals surface area contributed by atoms with Gasteiger partial charge in [-0.15, -0.1) is 0 Å². The molecule has 0 radical (unpaired) electrons. The number of nitrogens with one attached hydrogen (secondary N) is 1. The highest BCUT2D eigenvalue weighted by Crippen LogP contribution is 2.31. The number of nitrogens with zero attached hydrogens (tertiary/aromatic N) is 2. The summed E-state index contributed by atoms with van der Waals surface area (Å²) < 4.78 is 4.95. The Balaban J connectivity index is 1.65. The number of hydrogen-bond donors (Lipinski definition) is 1. The molecule has 0 aliphatic carbocycles. The number of benzene rings is 2. The maximum atomic E-state index is 13.8. The Morgan fingerprint density at radius 3 is 2.42 bits per heavy atom. The van der Waals surface area contributed by atoms with Gasteiger partial charge >= 0.3 is 5.97 Å². The van der Waals surface area contributed by atoms with Crippen molar-refractivity contribution >= 4 is 17.8 Å². The molecule has 1 aliphatic heterocycles. The summed E-state index contributed by atoms with van der Waals surface area (Å²) in [7, 11) is 1.33. The molecule has 198 valence electrons. The average Bonchev–Trinajstić information content (AvgIpc) is 3.22. The van der Waals surface area contributed by atoms with Crippen molar-refractivity contribution in [3.05, 3.63) is 88.7 Å². The molecule has 2 atom stereocenters. The quantitative estimate of drug-likeness (QED) is 0.400. The molecule has 1 N–H and O–H groups in total.